The number of rotatable bonds is 3. The molecule has 2 saturated heterocycles. The molecular formula is C13H23IN4O2. The van der Waals surface area contributed by atoms with E-state index in [-0.39, 0.29) is 29.6 Å². The predicted molar refractivity (Wildman–Crippen MR) is 84.7 cm³/mol. The lowest BCUT2D eigenvalue weighted by Gasteiger charge is -2.43. The van der Waals surface area contributed by atoms with Crippen LogP contribution in [0.15, 0.2) is 0 Å². The van der Waals surface area contributed by atoms with Gasteiger partial charge in [-0.15, -0.1) is 0 Å². The van der Waals surface area contributed by atoms with Crippen molar-refractivity contribution >= 4 is 34.7 Å². The Morgan fingerprint density at radius 2 is 1.85 bits per heavy atom. The van der Waals surface area contributed by atoms with Gasteiger partial charge >= 0.3 is 0 Å². The van der Waals surface area contributed by atoms with Gasteiger partial charge < -0.3 is 16.4 Å². The van der Waals surface area contributed by atoms with Crippen molar-refractivity contribution in [1.82, 2.24) is 8.01 Å². The third kappa shape index (κ3) is 3.62. The number of primary amides is 2. The molecule has 0 aromatic rings. The van der Waals surface area contributed by atoms with E-state index in [0.29, 0.717) is 12.5 Å². The third-order valence-electron chi connectivity index (χ3n) is 4.67. The summed E-state index contributed by atoms with van der Waals surface area (Å²) in [6.45, 7) is 3.38. The van der Waals surface area contributed by atoms with Crippen molar-refractivity contribution in [3.8, 4) is 0 Å². The molecule has 2 heterocycles. The third-order valence-corrected chi connectivity index (χ3v) is 5.46. The number of amides is 2. The second-order valence-corrected chi connectivity index (χ2v) is 7.51. The molecule has 2 aliphatic heterocycles. The van der Waals surface area contributed by atoms with E-state index >= 15 is 0 Å². The fourth-order valence-corrected chi connectivity index (χ4v) is 4.56. The first-order valence-electron chi connectivity index (χ1n) is 7.06. The lowest BCUT2D eigenvalue weighted by molar-refractivity contribution is -0.127. The summed E-state index contributed by atoms with van der Waals surface area (Å²) >= 11 is 2.24. The van der Waals surface area contributed by atoms with Crippen LogP contribution < -0.4 is 11.5 Å². The Morgan fingerprint density at radius 1 is 1.15 bits per heavy atom. The van der Waals surface area contributed by atoms with Gasteiger partial charge in [-0.25, -0.2) is 3.11 Å². The van der Waals surface area contributed by atoms with Crippen molar-refractivity contribution in [1.29, 1.82) is 0 Å². The zero-order valence-corrected chi connectivity index (χ0v) is 14.0. The van der Waals surface area contributed by atoms with Crippen molar-refractivity contribution in [3.05, 3.63) is 0 Å². The molecule has 7 heteroatoms. The molecule has 0 aromatic carbocycles. The standard InChI is InChI=1S/C13H23IN4O2/c1-17-3-2-10(13(16)20)11(7-17)8-4-9(12(15)19)6-18(14)5-8/h8-11H,2-7H2,1H3,(H2,15,19)(H2,16,20). The highest BCUT2D eigenvalue weighted by Crippen LogP contribution is 2.36. The topological polar surface area (TPSA) is 92.7 Å². The molecule has 2 fully saturated rings. The maximum Gasteiger partial charge on any atom is 0.221 e. The van der Waals surface area contributed by atoms with Crippen LogP contribution in [0.25, 0.3) is 0 Å². The zero-order valence-electron chi connectivity index (χ0n) is 11.8. The minimum absolute atomic E-state index is 0.0763. The number of piperidine rings is 2. The van der Waals surface area contributed by atoms with Gasteiger partial charge in [0.05, 0.1) is 5.92 Å². The van der Waals surface area contributed by atoms with Crippen LogP contribution in [0.5, 0.6) is 0 Å². The Bertz CT molecular complexity index is 393. The second-order valence-electron chi connectivity index (χ2n) is 6.15. The number of hydrogen-bond donors (Lipinski definition) is 2. The van der Waals surface area contributed by atoms with E-state index in [1.807, 2.05) is 0 Å². The Balaban J connectivity index is 2.13. The van der Waals surface area contributed by atoms with Gasteiger partial charge in [-0.3, -0.25) is 9.59 Å². The number of likely N-dealkylation sites (tertiary alicyclic amines) is 1. The maximum atomic E-state index is 11.7. The molecular weight excluding hydrogens is 371 g/mol. The number of halogens is 1. The Hall–Kier alpha value is -0.410. The minimum Gasteiger partial charge on any atom is -0.369 e. The number of nitrogens with zero attached hydrogens (tertiary/aromatic N) is 2. The highest BCUT2D eigenvalue weighted by atomic mass is 127. The van der Waals surface area contributed by atoms with E-state index in [9.17, 15) is 9.59 Å². The Morgan fingerprint density at radius 3 is 2.45 bits per heavy atom. The van der Waals surface area contributed by atoms with Crippen LogP contribution in [-0.2, 0) is 9.59 Å². The summed E-state index contributed by atoms with van der Waals surface area (Å²) in [5.41, 5.74) is 11.0. The van der Waals surface area contributed by atoms with Crippen molar-refractivity contribution in [2.45, 2.75) is 12.8 Å². The molecule has 114 valence electrons. The molecule has 0 spiro atoms. The van der Waals surface area contributed by atoms with E-state index in [1.54, 1.807) is 0 Å². The van der Waals surface area contributed by atoms with Gasteiger partial charge in [0.1, 0.15) is 0 Å². The van der Waals surface area contributed by atoms with Crippen molar-refractivity contribution in [3.63, 3.8) is 0 Å². The van der Waals surface area contributed by atoms with Gasteiger partial charge in [-0.05, 0) is 38.3 Å². The lowest BCUT2D eigenvalue weighted by Crippen LogP contribution is -2.51. The monoisotopic (exact) mass is 394 g/mol. The van der Waals surface area contributed by atoms with Crippen LogP contribution >= 0.6 is 22.9 Å². The normalized spacial score (nSPS) is 36.7. The molecule has 4 atom stereocenters. The summed E-state index contributed by atoms with van der Waals surface area (Å²) in [7, 11) is 2.07. The maximum absolute atomic E-state index is 11.7. The summed E-state index contributed by atoms with van der Waals surface area (Å²) in [5.74, 6) is -0.108. The smallest absolute Gasteiger partial charge is 0.221 e. The summed E-state index contributed by atoms with van der Waals surface area (Å²) < 4.78 is 2.12. The molecule has 20 heavy (non-hydrogen) atoms. The second kappa shape index (κ2) is 6.57. The number of carbonyl (C=O) groups is 2. The van der Waals surface area contributed by atoms with E-state index in [1.165, 1.54) is 0 Å². The average molecular weight is 394 g/mol. The molecule has 0 aliphatic carbocycles. The van der Waals surface area contributed by atoms with Crippen LogP contribution in [0.3, 0.4) is 0 Å². The molecule has 2 rings (SSSR count). The van der Waals surface area contributed by atoms with E-state index in [0.717, 1.165) is 32.5 Å². The van der Waals surface area contributed by atoms with Crippen LogP contribution in [0.4, 0.5) is 0 Å². The van der Waals surface area contributed by atoms with Gasteiger partial charge in [0.15, 0.2) is 0 Å². The molecule has 0 radical (unpaired) electrons. The summed E-state index contributed by atoms with van der Waals surface area (Å²) in [6, 6.07) is 0. The quantitative estimate of drug-likeness (QED) is 0.513. The Labute approximate surface area is 133 Å². The first-order chi connectivity index (χ1) is 9.38. The molecule has 4 unspecified atom stereocenters. The molecule has 0 bridgehead atoms. The van der Waals surface area contributed by atoms with Gasteiger partial charge in [0, 0.05) is 48.4 Å². The van der Waals surface area contributed by atoms with Crippen LogP contribution in [0.2, 0.25) is 0 Å². The summed E-state index contributed by atoms with van der Waals surface area (Å²) in [4.78, 5) is 25.5. The minimum atomic E-state index is -0.240. The van der Waals surface area contributed by atoms with Crippen LogP contribution in [0, 0.1) is 23.7 Å². The fourth-order valence-electron chi connectivity index (χ4n) is 3.58. The van der Waals surface area contributed by atoms with Gasteiger partial charge in [0.25, 0.3) is 0 Å². The number of carbonyl (C=O) groups excluding carboxylic acids is 2. The summed E-state index contributed by atoms with van der Waals surface area (Å²) in [5, 5.41) is 0. The number of nitrogens with two attached hydrogens (primary N) is 2. The predicted octanol–water partition coefficient (Wildman–Crippen LogP) is -0.187. The van der Waals surface area contributed by atoms with E-state index in [2.05, 4.69) is 37.9 Å². The van der Waals surface area contributed by atoms with Crippen molar-refractivity contribution < 1.29 is 9.59 Å². The molecule has 0 saturated carbocycles. The average Bonchev–Trinajstić information content (AvgIpc) is 2.37. The van der Waals surface area contributed by atoms with Gasteiger partial charge in [0.2, 0.25) is 11.8 Å². The molecule has 2 amide bonds. The van der Waals surface area contributed by atoms with Crippen LogP contribution in [-0.4, -0.2) is 53.1 Å². The van der Waals surface area contributed by atoms with Gasteiger partial charge in [-0.1, -0.05) is 0 Å². The Kier molecular flexibility index (Phi) is 5.25. The molecule has 4 N–H and O–H groups in total. The van der Waals surface area contributed by atoms with Crippen molar-refractivity contribution in [2.75, 3.05) is 33.2 Å². The highest BCUT2D eigenvalue weighted by Gasteiger charge is 2.41. The largest absolute Gasteiger partial charge is 0.369 e. The van der Waals surface area contributed by atoms with Crippen LogP contribution in [0.1, 0.15) is 12.8 Å². The lowest BCUT2D eigenvalue weighted by atomic mass is 9.72. The first kappa shape index (κ1) is 16.0. The van der Waals surface area contributed by atoms with E-state index in [4.69, 9.17) is 11.5 Å². The zero-order chi connectivity index (χ0) is 14.9. The highest BCUT2D eigenvalue weighted by molar-refractivity contribution is 14.1. The van der Waals surface area contributed by atoms with Crippen molar-refractivity contribution in [2.24, 2.45) is 35.1 Å². The van der Waals surface area contributed by atoms with E-state index < -0.39 is 0 Å². The SMILES string of the molecule is CN1CCC(C(N)=O)C(C2CC(C(N)=O)CN(I)C2)C1. The first-order valence-corrected chi connectivity index (χ1v) is 8.03. The fraction of sp³-hybridized carbons (Fsp3) is 0.846. The summed E-state index contributed by atoms with van der Waals surface area (Å²) in [6.07, 6.45) is 1.59. The number of hydrogen-bond acceptors (Lipinski definition) is 4. The van der Waals surface area contributed by atoms with Gasteiger partial charge in [-0.2, -0.15) is 0 Å². The molecule has 0 aromatic heterocycles. The molecule has 2 aliphatic rings. The molecule has 6 nitrogen and oxygen atoms in total.